The van der Waals surface area contributed by atoms with Crippen molar-refractivity contribution in [2.45, 2.75) is 18.1 Å². The number of imidazole rings is 2. The number of aryl methyl sites for hydroxylation is 1. The standard InChI is InChI=1S/C21H20N6O3S/c1-31(30)21-25-17-6-5-16(12-18(17)26-21)24-20(29)14-3-2-4-15(11-14)23-19(28)7-9-27-10-8-22-13-27/h2-6,8,10-13H,7,9H2,1H3,(H,23,28)(H,24,29)(H,25,26). The lowest BCUT2D eigenvalue weighted by Crippen LogP contribution is -2.15. The number of benzene rings is 2. The quantitative estimate of drug-likeness (QED) is 0.411. The van der Waals surface area contributed by atoms with Gasteiger partial charge in [-0.3, -0.25) is 13.8 Å². The van der Waals surface area contributed by atoms with E-state index in [-0.39, 0.29) is 11.8 Å². The number of aromatic nitrogens is 4. The average Bonchev–Trinajstić information content (AvgIpc) is 3.42. The van der Waals surface area contributed by atoms with Gasteiger partial charge in [-0.1, -0.05) is 6.07 Å². The summed E-state index contributed by atoms with van der Waals surface area (Å²) in [7, 11) is -1.22. The van der Waals surface area contributed by atoms with Gasteiger partial charge in [-0.2, -0.15) is 0 Å². The van der Waals surface area contributed by atoms with Crippen LogP contribution in [0, 0.1) is 0 Å². The van der Waals surface area contributed by atoms with Gasteiger partial charge in [0.05, 0.1) is 28.2 Å². The van der Waals surface area contributed by atoms with Crippen LogP contribution in [-0.4, -0.2) is 41.8 Å². The van der Waals surface area contributed by atoms with Crippen molar-refractivity contribution in [2.24, 2.45) is 0 Å². The number of hydrogen-bond acceptors (Lipinski definition) is 5. The fourth-order valence-corrected chi connectivity index (χ4v) is 3.50. The lowest BCUT2D eigenvalue weighted by atomic mass is 10.1. The molecule has 0 saturated carbocycles. The average molecular weight is 436 g/mol. The van der Waals surface area contributed by atoms with Gasteiger partial charge in [-0.25, -0.2) is 9.97 Å². The lowest BCUT2D eigenvalue weighted by Gasteiger charge is -2.09. The maximum Gasteiger partial charge on any atom is 0.255 e. The van der Waals surface area contributed by atoms with E-state index in [0.29, 0.717) is 46.1 Å². The van der Waals surface area contributed by atoms with Gasteiger partial charge in [0.1, 0.15) is 0 Å². The molecule has 10 heteroatoms. The van der Waals surface area contributed by atoms with E-state index in [4.69, 9.17) is 0 Å². The Morgan fingerprint density at radius 3 is 2.74 bits per heavy atom. The van der Waals surface area contributed by atoms with Gasteiger partial charge >= 0.3 is 0 Å². The predicted octanol–water partition coefficient (Wildman–Crippen LogP) is 2.78. The minimum absolute atomic E-state index is 0.153. The molecular formula is C21H20N6O3S. The van der Waals surface area contributed by atoms with Gasteiger partial charge in [0.2, 0.25) is 5.91 Å². The summed E-state index contributed by atoms with van der Waals surface area (Å²) in [5.41, 5.74) is 2.88. The highest BCUT2D eigenvalue weighted by Crippen LogP contribution is 2.20. The maximum atomic E-state index is 12.7. The predicted molar refractivity (Wildman–Crippen MR) is 118 cm³/mol. The van der Waals surface area contributed by atoms with E-state index in [2.05, 4.69) is 25.6 Å². The van der Waals surface area contributed by atoms with Crippen LogP contribution in [0.3, 0.4) is 0 Å². The first-order valence-corrected chi connectivity index (χ1v) is 11.0. The van der Waals surface area contributed by atoms with Gasteiger partial charge in [0.25, 0.3) is 5.91 Å². The fourth-order valence-electron chi connectivity index (χ4n) is 3.01. The molecule has 1 unspecified atom stereocenters. The van der Waals surface area contributed by atoms with E-state index in [0.717, 1.165) is 0 Å². The van der Waals surface area contributed by atoms with Crippen molar-refractivity contribution in [3.05, 3.63) is 66.7 Å². The molecule has 3 N–H and O–H groups in total. The second kappa shape index (κ2) is 8.92. The molecule has 0 bridgehead atoms. The zero-order valence-corrected chi connectivity index (χ0v) is 17.5. The monoisotopic (exact) mass is 436 g/mol. The third kappa shape index (κ3) is 5.04. The molecule has 0 aliphatic rings. The molecule has 0 saturated heterocycles. The molecule has 31 heavy (non-hydrogen) atoms. The third-order valence-corrected chi connectivity index (χ3v) is 5.29. The fraction of sp³-hybridized carbons (Fsp3) is 0.143. The van der Waals surface area contributed by atoms with E-state index in [1.54, 1.807) is 67.4 Å². The van der Waals surface area contributed by atoms with E-state index in [1.807, 2.05) is 4.57 Å². The smallest absolute Gasteiger partial charge is 0.255 e. The van der Waals surface area contributed by atoms with Crippen LogP contribution in [0.1, 0.15) is 16.8 Å². The molecule has 2 amide bonds. The Morgan fingerprint density at radius 2 is 1.97 bits per heavy atom. The zero-order chi connectivity index (χ0) is 21.8. The summed E-state index contributed by atoms with van der Waals surface area (Å²) in [6, 6.07) is 11.9. The number of fused-ring (bicyclic) bond motifs is 1. The SMILES string of the molecule is CS(=O)c1nc2ccc(NC(=O)c3cccc(NC(=O)CCn4ccnc4)c3)cc2[nH]1. The third-order valence-electron chi connectivity index (χ3n) is 4.56. The lowest BCUT2D eigenvalue weighted by molar-refractivity contribution is -0.116. The van der Waals surface area contributed by atoms with Crippen molar-refractivity contribution >= 4 is 45.0 Å². The molecule has 158 valence electrons. The van der Waals surface area contributed by atoms with Gasteiger partial charge < -0.3 is 20.2 Å². The molecule has 1 atom stereocenters. The zero-order valence-electron chi connectivity index (χ0n) is 16.7. The van der Waals surface area contributed by atoms with Gasteiger partial charge in [-0.05, 0) is 36.4 Å². The molecule has 0 radical (unpaired) electrons. The number of hydrogen-bond donors (Lipinski definition) is 3. The summed E-state index contributed by atoms with van der Waals surface area (Å²) < 4.78 is 13.4. The number of aromatic amines is 1. The normalized spacial score (nSPS) is 11.9. The van der Waals surface area contributed by atoms with E-state index >= 15 is 0 Å². The molecule has 9 nitrogen and oxygen atoms in total. The van der Waals surface area contributed by atoms with Crippen molar-refractivity contribution in [1.82, 2.24) is 19.5 Å². The summed E-state index contributed by atoms with van der Waals surface area (Å²) in [5, 5.41) is 6.02. The second-order valence-electron chi connectivity index (χ2n) is 6.86. The molecule has 2 aromatic heterocycles. The molecule has 0 fully saturated rings. The molecule has 0 spiro atoms. The van der Waals surface area contributed by atoms with Crippen LogP contribution < -0.4 is 10.6 Å². The van der Waals surface area contributed by atoms with Crippen LogP contribution >= 0.6 is 0 Å². The van der Waals surface area contributed by atoms with Crippen LogP contribution in [-0.2, 0) is 22.1 Å². The Balaban J connectivity index is 1.41. The maximum absolute atomic E-state index is 12.7. The number of amides is 2. The summed E-state index contributed by atoms with van der Waals surface area (Å²) in [5.74, 6) is -0.465. The summed E-state index contributed by atoms with van der Waals surface area (Å²) in [6.45, 7) is 0.523. The first-order valence-electron chi connectivity index (χ1n) is 9.48. The Kier molecular flexibility index (Phi) is 5.89. The minimum atomic E-state index is -1.22. The molecule has 2 heterocycles. The van der Waals surface area contributed by atoms with E-state index < -0.39 is 10.8 Å². The molecule has 4 aromatic rings. The number of nitrogens with zero attached hydrogens (tertiary/aromatic N) is 3. The highest BCUT2D eigenvalue weighted by atomic mass is 32.2. The van der Waals surface area contributed by atoms with Gasteiger partial charge in [0, 0.05) is 48.6 Å². The summed E-state index contributed by atoms with van der Waals surface area (Å²) in [6.07, 6.45) is 6.95. The second-order valence-corrected chi connectivity index (χ2v) is 8.16. The number of anilines is 2. The molecule has 4 rings (SSSR count). The number of carbonyl (C=O) groups excluding carboxylic acids is 2. The number of carbonyl (C=O) groups is 2. The first-order chi connectivity index (χ1) is 15.0. The van der Waals surface area contributed by atoms with Crippen LogP contribution in [0.15, 0.2) is 66.3 Å². The summed E-state index contributed by atoms with van der Waals surface area (Å²) >= 11 is 0. The first kappa shape index (κ1) is 20.5. The van der Waals surface area contributed by atoms with Crippen molar-refractivity contribution < 1.29 is 13.8 Å². The highest BCUT2D eigenvalue weighted by Gasteiger charge is 2.11. The largest absolute Gasteiger partial charge is 0.337 e. The number of H-pyrrole nitrogens is 1. The van der Waals surface area contributed by atoms with Crippen LogP contribution in [0.5, 0.6) is 0 Å². The topological polar surface area (TPSA) is 122 Å². The van der Waals surface area contributed by atoms with E-state index in [9.17, 15) is 13.8 Å². The Labute approximate surface area is 180 Å². The van der Waals surface area contributed by atoms with Crippen LogP contribution in [0.25, 0.3) is 11.0 Å². The minimum Gasteiger partial charge on any atom is -0.337 e. The van der Waals surface area contributed by atoms with E-state index in [1.165, 1.54) is 0 Å². The highest BCUT2D eigenvalue weighted by molar-refractivity contribution is 7.84. The number of rotatable bonds is 7. The van der Waals surface area contributed by atoms with Gasteiger partial charge in [-0.15, -0.1) is 0 Å². The molecule has 2 aromatic carbocycles. The molecule has 0 aliphatic heterocycles. The van der Waals surface area contributed by atoms with Crippen LogP contribution in [0.2, 0.25) is 0 Å². The summed E-state index contributed by atoms with van der Waals surface area (Å²) in [4.78, 5) is 36.0. The van der Waals surface area contributed by atoms with Gasteiger partial charge in [0.15, 0.2) is 5.16 Å². The molecule has 0 aliphatic carbocycles. The van der Waals surface area contributed by atoms with Crippen molar-refractivity contribution in [3.8, 4) is 0 Å². The Bertz CT molecular complexity index is 1270. The van der Waals surface area contributed by atoms with Crippen LogP contribution in [0.4, 0.5) is 11.4 Å². The van der Waals surface area contributed by atoms with Crippen molar-refractivity contribution in [3.63, 3.8) is 0 Å². The van der Waals surface area contributed by atoms with Crippen molar-refractivity contribution in [1.29, 1.82) is 0 Å². The Morgan fingerprint density at radius 1 is 1.13 bits per heavy atom. The number of nitrogens with one attached hydrogen (secondary N) is 3. The molecular weight excluding hydrogens is 416 g/mol. The van der Waals surface area contributed by atoms with Crippen molar-refractivity contribution in [2.75, 3.05) is 16.9 Å². The Hall–Kier alpha value is -3.79.